The second kappa shape index (κ2) is 12.0. The average Bonchev–Trinajstić information content (AvgIpc) is 3.26. The van der Waals surface area contributed by atoms with E-state index in [1.165, 1.54) is 0 Å². The molecule has 1 atom stereocenters. The number of fused-ring (bicyclic) bond motifs is 1. The number of para-hydroxylation sites is 1. The van der Waals surface area contributed by atoms with E-state index in [0.717, 1.165) is 57.7 Å². The summed E-state index contributed by atoms with van der Waals surface area (Å²) in [6, 6.07) is 13.2. The molecule has 2 aromatic carbocycles. The van der Waals surface area contributed by atoms with Gasteiger partial charge in [0.25, 0.3) is 5.91 Å². The van der Waals surface area contributed by atoms with E-state index in [1.807, 2.05) is 61.0 Å². The lowest BCUT2D eigenvalue weighted by Crippen LogP contribution is -2.32. The van der Waals surface area contributed by atoms with Crippen molar-refractivity contribution < 1.29 is 9.53 Å². The van der Waals surface area contributed by atoms with Gasteiger partial charge in [-0.3, -0.25) is 4.79 Å². The third-order valence-corrected chi connectivity index (χ3v) is 7.46. The van der Waals surface area contributed by atoms with Gasteiger partial charge < -0.3 is 15.4 Å². The maximum atomic E-state index is 13.8. The molecule has 2 N–H and O–H groups in total. The third kappa shape index (κ3) is 5.78. The van der Waals surface area contributed by atoms with E-state index in [-0.39, 0.29) is 5.91 Å². The summed E-state index contributed by atoms with van der Waals surface area (Å²) in [5.41, 5.74) is 3.93. The number of thioether (sulfide) groups is 1. The van der Waals surface area contributed by atoms with E-state index in [2.05, 4.69) is 40.4 Å². The van der Waals surface area contributed by atoms with Gasteiger partial charge >= 0.3 is 0 Å². The molecule has 0 saturated carbocycles. The molecule has 1 aliphatic rings. The summed E-state index contributed by atoms with van der Waals surface area (Å²) >= 11 is 5.23. The molecule has 7 nitrogen and oxygen atoms in total. The second-order valence-corrected chi connectivity index (χ2v) is 10.7. The molecule has 1 amide bonds. The van der Waals surface area contributed by atoms with Crippen molar-refractivity contribution in [3.63, 3.8) is 0 Å². The molecule has 0 saturated heterocycles. The van der Waals surface area contributed by atoms with Crippen molar-refractivity contribution in [2.45, 2.75) is 58.2 Å². The minimum atomic E-state index is -0.511. The number of carbonyl (C=O) groups is 1. The predicted molar refractivity (Wildman–Crippen MR) is 150 cm³/mol. The fourth-order valence-electron chi connectivity index (χ4n) is 4.06. The van der Waals surface area contributed by atoms with Gasteiger partial charge in [0.2, 0.25) is 11.1 Å². The second-order valence-electron chi connectivity index (χ2n) is 8.73. The Morgan fingerprint density at radius 3 is 2.75 bits per heavy atom. The standard InChI is InChI=1S/C27H32BrN5O2S/c1-5-7-14-35-22-13-12-19(28)16-20(22)24-23(25(34)30-21-11-9-8-10-17(21)3)18(4)29-26-31-27(32-33(24)26)36-15-6-2/h8-13,16,24H,5-7,14-15H2,1-4H3,(H,30,34)(H,29,31,32). The van der Waals surface area contributed by atoms with E-state index >= 15 is 0 Å². The van der Waals surface area contributed by atoms with Crippen molar-refractivity contribution in [1.82, 2.24) is 14.8 Å². The van der Waals surface area contributed by atoms with Crippen LogP contribution in [0.5, 0.6) is 5.75 Å². The van der Waals surface area contributed by atoms with Crippen molar-refractivity contribution in [3.05, 3.63) is 69.3 Å². The number of anilines is 2. The number of aryl methyl sites for hydroxylation is 1. The minimum absolute atomic E-state index is 0.192. The lowest BCUT2D eigenvalue weighted by molar-refractivity contribution is -0.113. The van der Waals surface area contributed by atoms with Crippen molar-refractivity contribution in [2.24, 2.45) is 0 Å². The molecule has 36 heavy (non-hydrogen) atoms. The first-order valence-electron chi connectivity index (χ1n) is 12.3. The van der Waals surface area contributed by atoms with Crippen LogP contribution in [0.2, 0.25) is 0 Å². The largest absolute Gasteiger partial charge is 0.493 e. The highest BCUT2D eigenvalue weighted by Gasteiger charge is 2.36. The van der Waals surface area contributed by atoms with Gasteiger partial charge in [-0.15, -0.1) is 5.10 Å². The number of allylic oxidation sites excluding steroid dienone is 1. The van der Waals surface area contributed by atoms with Crippen LogP contribution >= 0.6 is 27.7 Å². The summed E-state index contributed by atoms with van der Waals surface area (Å²) in [5, 5.41) is 11.9. The van der Waals surface area contributed by atoms with Gasteiger partial charge in [-0.1, -0.05) is 66.2 Å². The Morgan fingerprint density at radius 2 is 2.00 bits per heavy atom. The quantitative estimate of drug-likeness (QED) is 0.203. The smallest absolute Gasteiger partial charge is 0.255 e. The number of hydrogen-bond acceptors (Lipinski definition) is 6. The Morgan fingerprint density at radius 1 is 1.19 bits per heavy atom. The van der Waals surface area contributed by atoms with Crippen LogP contribution in [0.4, 0.5) is 11.6 Å². The number of halogens is 1. The Labute approximate surface area is 225 Å². The van der Waals surface area contributed by atoms with Crippen molar-refractivity contribution in [1.29, 1.82) is 0 Å². The Bertz CT molecular complexity index is 1270. The summed E-state index contributed by atoms with van der Waals surface area (Å²) in [6.07, 6.45) is 3.00. The number of ether oxygens (including phenoxy) is 1. The normalized spacial score (nSPS) is 14.9. The van der Waals surface area contributed by atoms with Crippen LogP contribution in [0.25, 0.3) is 0 Å². The van der Waals surface area contributed by atoms with Gasteiger partial charge in [0.05, 0.1) is 12.2 Å². The summed E-state index contributed by atoms with van der Waals surface area (Å²) in [5.74, 6) is 2.08. The molecule has 3 aromatic rings. The van der Waals surface area contributed by atoms with Crippen molar-refractivity contribution in [2.75, 3.05) is 23.0 Å². The molecular formula is C27H32BrN5O2S. The van der Waals surface area contributed by atoms with E-state index < -0.39 is 6.04 Å². The molecule has 0 radical (unpaired) electrons. The fourth-order valence-corrected chi connectivity index (χ4v) is 5.12. The van der Waals surface area contributed by atoms with Gasteiger partial charge in [0.15, 0.2) is 0 Å². The maximum Gasteiger partial charge on any atom is 0.255 e. The molecule has 9 heteroatoms. The minimum Gasteiger partial charge on any atom is -0.493 e. The van der Waals surface area contributed by atoms with Crippen LogP contribution in [0, 0.1) is 6.92 Å². The fraction of sp³-hybridized carbons (Fsp3) is 0.370. The third-order valence-electron chi connectivity index (χ3n) is 5.93. The molecule has 0 aliphatic carbocycles. The Hall–Kier alpha value is -2.78. The SMILES string of the molecule is CCCCOc1ccc(Br)cc1C1C(C(=O)Nc2ccccc2C)=C(C)Nc2nc(SCCC)nn21. The number of amides is 1. The molecule has 1 unspecified atom stereocenters. The number of aromatic nitrogens is 3. The van der Waals surface area contributed by atoms with Crippen molar-refractivity contribution >= 4 is 45.2 Å². The zero-order valence-electron chi connectivity index (χ0n) is 21.1. The number of benzene rings is 2. The number of nitrogens with one attached hydrogen (secondary N) is 2. The van der Waals surface area contributed by atoms with E-state index in [0.29, 0.717) is 23.3 Å². The molecule has 1 aliphatic heterocycles. The van der Waals surface area contributed by atoms with Crippen LogP contribution in [-0.2, 0) is 4.79 Å². The molecular weight excluding hydrogens is 538 g/mol. The first-order valence-corrected chi connectivity index (χ1v) is 14.1. The van der Waals surface area contributed by atoms with Gasteiger partial charge in [-0.05, 0) is 56.5 Å². The summed E-state index contributed by atoms with van der Waals surface area (Å²) in [6.45, 7) is 8.76. The maximum absolute atomic E-state index is 13.8. The van der Waals surface area contributed by atoms with E-state index in [9.17, 15) is 4.79 Å². The predicted octanol–water partition coefficient (Wildman–Crippen LogP) is 6.96. The number of nitrogens with zero attached hydrogens (tertiary/aromatic N) is 3. The van der Waals surface area contributed by atoms with E-state index in [1.54, 1.807) is 11.8 Å². The van der Waals surface area contributed by atoms with Gasteiger partial charge in [0, 0.05) is 27.2 Å². The topological polar surface area (TPSA) is 81.1 Å². The summed E-state index contributed by atoms with van der Waals surface area (Å²) in [4.78, 5) is 18.6. The number of rotatable bonds is 10. The van der Waals surface area contributed by atoms with Crippen LogP contribution in [0.15, 0.2) is 63.4 Å². The van der Waals surface area contributed by atoms with Crippen LogP contribution in [0.3, 0.4) is 0 Å². The highest BCUT2D eigenvalue weighted by Crippen LogP contribution is 2.41. The number of unbranched alkanes of at least 4 members (excludes halogenated alkanes) is 1. The Kier molecular flexibility index (Phi) is 8.74. The molecule has 2 heterocycles. The Balaban J connectivity index is 1.81. The highest BCUT2D eigenvalue weighted by atomic mass is 79.9. The first-order chi connectivity index (χ1) is 17.4. The highest BCUT2D eigenvalue weighted by molar-refractivity contribution is 9.10. The van der Waals surface area contributed by atoms with Gasteiger partial charge in [-0.25, -0.2) is 4.68 Å². The molecule has 1 aromatic heterocycles. The average molecular weight is 571 g/mol. The number of carbonyl (C=O) groups excluding carboxylic acids is 1. The molecule has 190 valence electrons. The summed E-state index contributed by atoms with van der Waals surface area (Å²) < 4.78 is 8.92. The molecule has 0 bridgehead atoms. The zero-order chi connectivity index (χ0) is 25.7. The molecule has 0 fully saturated rings. The first kappa shape index (κ1) is 26.3. The van der Waals surface area contributed by atoms with Gasteiger partial charge in [-0.2, -0.15) is 4.98 Å². The summed E-state index contributed by atoms with van der Waals surface area (Å²) in [7, 11) is 0. The van der Waals surface area contributed by atoms with Crippen LogP contribution in [0.1, 0.15) is 57.2 Å². The zero-order valence-corrected chi connectivity index (χ0v) is 23.5. The van der Waals surface area contributed by atoms with Crippen LogP contribution in [-0.4, -0.2) is 33.0 Å². The monoisotopic (exact) mass is 569 g/mol. The van der Waals surface area contributed by atoms with Crippen LogP contribution < -0.4 is 15.4 Å². The molecule has 4 rings (SSSR count). The van der Waals surface area contributed by atoms with Crippen molar-refractivity contribution in [3.8, 4) is 5.75 Å². The lowest BCUT2D eigenvalue weighted by Gasteiger charge is -2.30. The van der Waals surface area contributed by atoms with E-state index in [4.69, 9.17) is 14.8 Å². The molecule has 0 spiro atoms. The van der Waals surface area contributed by atoms with Gasteiger partial charge in [0.1, 0.15) is 11.8 Å². The lowest BCUT2D eigenvalue weighted by atomic mass is 9.94. The number of hydrogen-bond donors (Lipinski definition) is 2.